The van der Waals surface area contributed by atoms with Crippen molar-refractivity contribution in [3.63, 3.8) is 0 Å². The van der Waals surface area contributed by atoms with E-state index in [9.17, 15) is 4.79 Å². The van der Waals surface area contributed by atoms with Crippen LogP contribution in [0.25, 0.3) is 0 Å². The summed E-state index contributed by atoms with van der Waals surface area (Å²) in [5.74, 6) is 0.0549. The van der Waals surface area contributed by atoms with Gasteiger partial charge in [-0.05, 0) is 42.7 Å². The quantitative estimate of drug-likeness (QED) is 0.840. The zero-order valence-corrected chi connectivity index (χ0v) is 10.6. The molecule has 0 fully saturated rings. The smallest absolute Gasteiger partial charge is 0.371 e. The van der Waals surface area contributed by atoms with E-state index in [2.05, 4.69) is 0 Å². The molecule has 0 spiro atoms. The van der Waals surface area contributed by atoms with Crippen molar-refractivity contribution >= 4 is 17.7 Å². The van der Waals surface area contributed by atoms with Gasteiger partial charge in [0.15, 0.2) is 0 Å². The third-order valence-electron chi connectivity index (χ3n) is 2.31. The minimum atomic E-state index is -1.08. The van der Waals surface area contributed by atoms with E-state index in [1.165, 1.54) is 6.07 Å². The fourth-order valence-electron chi connectivity index (χ4n) is 1.40. The molecule has 0 bridgehead atoms. The number of hydrogen-bond acceptors (Lipinski definition) is 4. The van der Waals surface area contributed by atoms with E-state index < -0.39 is 5.97 Å². The van der Waals surface area contributed by atoms with Crippen LogP contribution in [-0.4, -0.2) is 17.3 Å². The fraction of sp³-hybridized carbons (Fsp3) is 0.154. The van der Waals surface area contributed by atoms with Crippen LogP contribution in [0.3, 0.4) is 0 Å². The van der Waals surface area contributed by atoms with Gasteiger partial charge in [0, 0.05) is 4.90 Å². The van der Waals surface area contributed by atoms with Crippen LogP contribution < -0.4 is 4.74 Å². The highest BCUT2D eigenvalue weighted by Crippen LogP contribution is 2.20. The Bertz CT molecular complexity index is 530. The Kier molecular flexibility index (Phi) is 3.94. The maximum Gasteiger partial charge on any atom is 0.371 e. The largest absolute Gasteiger partial charge is 0.486 e. The standard InChI is InChI=1S/C13H12O4S/c1-18-11-5-2-9(3-6-11)16-8-10-4-7-12(17-10)13(14)15/h2-7H,8H2,1H3,(H,14,15). The van der Waals surface area contributed by atoms with Gasteiger partial charge in [-0.1, -0.05) is 0 Å². The van der Waals surface area contributed by atoms with Crippen molar-refractivity contribution in [1.82, 2.24) is 0 Å². The lowest BCUT2D eigenvalue weighted by atomic mass is 10.3. The molecule has 0 aliphatic rings. The zero-order valence-electron chi connectivity index (χ0n) is 9.75. The van der Waals surface area contributed by atoms with Crippen molar-refractivity contribution in [1.29, 1.82) is 0 Å². The van der Waals surface area contributed by atoms with Gasteiger partial charge < -0.3 is 14.3 Å². The zero-order chi connectivity index (χ0) is 13.0. The predicted molar refractivity (Wildman–Crippen MR) is 68.2 cm³/mol. The van der Waals surface area contributed by atoms with E-state index in [-0.39, 0.29) is 12.4 Å². The number of aromatic carboxylic acids is 1. The van der Waals surface area contributed by atoms with Gasteiger partial charge in [-0.25, -0.2) is 4.79 Å². The molecule has 2 rings (SSSR count). The van der Waals surface area contributed by atoms with Crippen molar-refractivity contribution in [2.75, 3.05) is 6.26 Å². The Hall–Kier alpha value is -1.88. The number of carbonyl (C=O) groups is 1. The van der Waals surface area contributed by atoms with Gasteiger partial charge in [0.1, 0.15) is 18.1 Å². The van der Waals surface area contributed by atoms with E-state index in [4.69, 9.17) is 14.3 Å². The third-order valence-corrected chi connectivity index (χ3v) is 3.06. The summed E-state index contributed by atoms with van der Waals surface area (Å²) in [4.78, 5) is 11.8. The first-order valence-corrected chi connectivity index (χ1v) is 6.50. The number of benzene rings is 1. The van der Waals surface area contributed by atoms with Crippen LogP contribution in [0.2, 0.25) is 0 Å². The fourth-order valence-corrected chi connectivity index (χ4v) is 1.81. The van der Waals surface area contributed by atoms with Crippen LogP contribution in [0.15, 0.2) is 45.7 Å². The van der Waals surface area contributed by atoms with Crippen molar-refractivity contribution < 1.29 is 19.1 Å². The minimum Gasteiger partial charge on any atom is -0.486 e. The SMILES string of the molecule is CSc1ccc(OCc2ccc(C(=O)O)o2)cc1. The van der Waals surface area contributed by atoms with Crippen LogP contribution in [0.5, 0.6) is 5.75 Å². The van der Waals surface area contributed by atoms with Crippen molar-refractivity contribution in [2.45, 2.75) is 11.5 Å². The summed E-state index contributed by atoms with van der Waals surface area (Å²) < 4.78 is 10.6. The van der Waals surface area contributed by atoms with Gasteiger partial charge in [-0.15, -0.1) is 11.8 Å². The molecule has 0 saturated heterocycles. The van der Waals surface area contributed by atoms with Gasteiger partial charge in [0.25, 0.3) is 0 Å². The average molecular weight is 264 g/mol. The van der Waals surface area contributed by atoms with Crippen LogP contribution in [0, 0.1) is 0 Å². The first-order chi connectivity index (χ1) is 8.69. The Morgan fingerprint density at radius 3 is 2.56 bits per heavy atom. The molecule has 1 N–H and O–H groups in total. The molecule has 1 heterocycles. The van der Waals surface area contributed by atoms with Gasteiger partial charge >= 0.3 is 5.97 Å². The minimum absolute atomic E-state index is 0.0775. The van der Waals surface area contributed by atoms with E-state index in [1.54, 1.807) is 17.8 Å². The first-order valence-electron chi connectivity index (χ1n) is 5.28. The van der Waals surface area contributed by atoms with Crippen molar-refractivity contribution in [3.05, 3.63) is 47.9 Å². The first kappa shape index (κ1) is 12.6. The molecular formula is C13H12O4S. The van der Waals surface area contributed by atoms with Gasteiger partial charge in [-0.3, -0.25) is 0 Å². The maximum atomic E-state index is 10.6. The molecule has 2 aromatic rings. The number of carboxylic acids is 1. The number of ether oxygens (including phenoxy) is 1. The predicted octanol–water partition coefficient (Wildman–Crippen LogP) is 3.28. The molecule has 1 aromatic carbocycles. The third kappa shape index (κ3) is 3.07. The van der Waals surface area contributed by atoms with E-state index >= 15 is 0 Å². The number of carboxylic acid groups (broad SMARTS) is 1. The molecule has 0 aliphatic heterocycles. The van der Waals surface area contributed by atoms with E-state index in [0.717, 1.165) is 10.6 Å². The summed E-state index contributed by atoms with van der Waals surface area (Å²) in [5.41, 5.74) is 0. The molecule has 0 amide bonds. The molecule has 18 heavy (non-hydrogen) atoms. The van der Waals surface area contributed by atoms with Crippen LogP contribution >= 0.6 is 11.8 Å². The topological polar surface area (TPSA) is 59.7 Å². The summed E-state index contributed by atoms with van der Waals surface area (Å²) in [7, 11) is 0. The summed E-state index contributed by atoms with van der Waals surface area (Å²) in [6.07, 6.45) is 2.01. The second-order valence-electron chi connectivity index (χ2n) is 3.54. The maximum absolute atomic E-state index is 10.6. The highest BCUT2D eigenvalue weighted by Gasteiger charge is 2.09. The summed E-state index contributed by atoms with van der Waals surface area (Å²) >= 11 is 1.66. The highest BCUT2D eigenvalue weighted by molar-refractivity contribution is 7.98. The number of rotatable bonds is 5. The molecule has 94 valence electrons. The summed E-state index contributed by atoms with van der Waals surface area (Å²) in [6.45, 7) is 0.214. The normalized spacial score (nSPS) is 10.3. The Morgan fingerprint density at radius 1 is 1.28 bits per heavy atom. The molecule has 0 radical (unpaired) electrons. The lowest BCUT2D eigenvalue weighted by molar-refractivity contribution is 0.0658. The highest BCUT2D eigenvalue weighted by atomic mass is 32.2. The van der Waals surface area contributed by atoms with Gasteiger partial charge in [-0.2, -0.15) is 0 Å². The lowest BCUT2D eigenvalue weighted by Gasteiger charge is -2.04. The Morgan fingerprint density at radius 2 is 2.00 bits per heavy atom. The van der Waals surface area contributed by atoms with Crippen LogP contribution in [0.4, 0.5) is 0 Å². The molecule has 0 aliphatic carbocycles. The van der Waals surface area contributed by atoms with Gasteiger partial charge in [0.2, 0.25) is 5.76 Å². The monoisotopic (exact) mass is 264 g/mol. The van der Waals surface area contributed by atoms with Crippen molar-refractivity contribution in [2.24, 2.45) is 0 Å². The number of furan rings is 1. The second kappa shape index (κ2) is 5.64. The summed E-state index contributed by atoms with van der Waals surface area (Å²) in [6, 6.07) is 10.7. The lowest BCUT2D eigenvalue weighted by Crippen LogP contribution is -1.95. The molecular weight excluding hydrogens is 252 g/mol. The molecule has 5 heteroatoms. The summed E-state index contributed by atoms with van der Waals surface area (Å²) in [5, 5.41) is 8.70. The van der Waals surface area contributed by atoms with Gasteiger partial charge in [0.05, 0.1) is 0 Å². The molecule has 0 atom stereocenters. The second-order valence-corrected chi connectivity index (χ2v) is 4.41. The molecule has 1 aromatic heterocycles. The van der Waals surface area contributed by atoms with Crippen LogP contribution in [0.1, 0.15) is 16.3 Å². The molecule has 0 saturated carbocycles. The van der Waals surface area contributed by atoms with Crippen LogP contribution in [-0.2, 0) is 6.61 Å². The Labute approximate surface area is 109 Å². The van der Waals surface area contributed by atoms with E-state index in [0.29, 0.717) is 5.76 Å². The Balaban J connectivity index is 1.95. The number of hydrogen-bond donors (Lipinski definition) is 1. The number of thioether (sulfide) groups is 1. The average Bonchev–Trinajstić information content (AvgIpc) is 2.86. The molecule has 4 nitrogen and oxygen atoms in total. The molecule has 0 unspecified atom stereocenters. The van der Waals surface area contributed by atoms with E-state index in [1.807, 2.05) is 30.5 Å². The van der Waals surface area contributed by atoms with Crippen molar-refractivity contribution in [3.8, 4) is 5.75 Å².